The Morgan fingerprint density at radius 1 is 1.50 bits per heavy atom. The summed E-state index contributed by atoms with van der Waals surface area (Å²) in [6.45, 7) is 6.88. The average molecular weight is 275 g/mol. The van der Waals surface area contributed by atoms with Crippen molar-refractivity contribution in [1.29, 1.82) is 0 Å². The molecule has 1 unspecified atom stereocenters. The zero-order valence-electron chi connectivity index (χ0n) is 11.5. The van der Waals surface area contributed by atoms with Crippen LogP contribution >= 0.6 is 12.4 Å². The van der Waals surface area contributed by atoms with Crippen LogP contribution in [0.4, 0.5) is 0 Å². The van der Waals surface area contributed by atoms with Gasteiger partial charge in [-0.1, -0.05) is 6.92 Å². The molecule has 3 N–H and O–H groups in total. The number of hydrogen-bond acceptors (Lipinski definition) is 3. The van der Waals surface area contributed by atoms with Gasteiger partial charge in [-0.05, 0) is 25.8 Å². The van der Waals surface area contributed by atoms with Crippen molar-refractivity contribution in [2.24, 2.45) is 18.7 Å². The van der Waals surface area contributed by atoms with Gasteiger partial charge >= 0.3 is 0 Å². The molecule has 104 valence electrons. The molecule has 1 aromatic heterocycles. The van der Waals surface area contributed by atoms with Crippen LogP contribution < -0.4 is 11.1 Å². The monoisotopic (exact) mass is 274 g/mol. The third-order valence-corrected chi connectivity index (χ3v) is 3.13. The maximum Gasteiger partial charge on any atom is 0.224 e. The van der Waals surface area contributed by atoms with Crippen molar-refractivity contribution in [3.63, 3.8) is 0 Å². The minimum atomic E-state index is -0.119. The second-order valence-electron chi connectivity index (χ2n) is 4.45. The Hall–Kier alpha value is -1.07. The van der Waals surface area contributed by atoms with Crippen LogP contribution in [0.2, 0.25) is 0 Å². The second-order valence-corrected chi connectivity index (χ2v) is 4.45. The van der Waals surface area contributed by atoms with E-state index in [0.717, 1.165) is 17.8 Å². The lowest BCUT2D eigenvalue weighted by molar-refractivity contribution is -0.124. The van der Waals surface area contributed by atoms with Gasteiger partial charge in [0, 0.05) is 31.7 Å². The summed E-state index contributed by atoms with van der Waals surface area (Å²) in [6, 6.07) is 0. The zero-order valence-corrected chi connectivity index (χ0v) is 12.3. The van der Waals surface area contributed by atoms with E-state index in [1.54, 1.807) is 0 Å². The highest BCUT2D eigenvalue weighted by Crippen LogP contribution is 2.11. The minimum absolute atomic E-state index is 0. The van der Waals surface area contributed by atoms with Crippen molar-refractivity contribution in [1.82, 2.24) is 15.1 Å². The van der Waals surface area contributed by atoms with E-state index in [9.17, 15) is 4.79 Å². The van der Waals surface area contributed by atoms with E-state index < -0.39 is 0 Å². The maximum atomic E-state index is 11.5. The molecule has 0 saturated heterocycles. The Labute approximate surface area is 115 Å². The highest BCUT2D eigenvalue weighted by molar-refractivity contribution is 5.85. The number of nitrogens with zero attached hydrogens (tertiary/aromatic N) is 2. The molecule has 1 amide bonds. The molecular formula is C12H23ClN4O. The van der Waals surface area contributed by atoms with Crippen molar-refractivity contribution in [2.75, 3.05) is 13.1 Å². The Morgan fingerprint density at radius 3 is 2.56 bits per heavy atom. The highest BCUT2D eigenvalue weighted by Gasteiger charge is 2.12. The summed E-state index contributed by atoms with van der Waals surface area (Å²) >= 11 is 0. The van der Waals surface area contributed by atoms with Crippen LogP contribution in [-0.2, 0) is 18.3 Å². The zero-order chi connectivity index (χ0) is 13.0. The SMILES string of the molecule is Cc1nn(C)c(C)c1CCNC(=O)C(C)CN.Cl. The highest BCUT2D eigenvalue weighted by atomic mass is 35.5. The lowest BCUT2D eigenvalue weighted by Crippen LogP contribution is -2.34. The van der Waals surface area contributed by atoms with Crippen molar-refractivity contribution in [2.45, 2.75) is 27.2 Å². The van der Waals surface area contributed by atoms with Gasteiger partial charge < -0.3 is 11.1 Å². The first-order chi connectivity index (χ1) is 7.97. The van der Waals surface area contributed by atoms with Crippen molar-refractivity contribution >= 4 is 18.3 Å². The molecule has 0 radical (unpaired) electrons. The summed E-state index contributed by atoms with van der Waals surface area (Å²) in [6.07, 6.45) is 0.814. The number of rotatable bonds is 5. The van der Waals surface area contributed by atoms with E-state index in [-0.39, 0.29) is 24.2 Å². The molecule has 1 rings (SSSR count). The van der Waals surface area contributed by atoms with E-state index >= 15 is 0 Å². The molecule has 0 aliphatic carbocycles. The maximum absolute atomic E-state index is 11.5. The van der Waals surface area contributed by atoms with Gasteiger partial charge in [0.1, 0.15) is 0 Å². The normalized spacial score (nSPS) is 11.8. The lowest BCUT2D eigenvalue weighted by Gasteiger charge is -2.09. The molecule has 0 fully saturated rings. The smallest absolute Gasteiger partial charge is 0.224 e. The molecule has 0 spiro atoms. The molecule has 18 heavy (non-hydrogen) atoms. The minimum Gasteiger partial charge on any atom is -0.355 e. The lowest BCUT2D eigenvalue weighted by atomic mass is 10.1. The fourth-order valence-corrected chi connectivity index (χ4v) is 1.77. The summed E-state index contributed by atoms with van der Waals surface area (Å²) in [5, 5.41) is 7.23. The van der Waals surface area contributed by atoms with Crippen LogP contribution in [0.15, 0.2) is 0 Å². The second kappa shape index (κ2) is 7.38. The topological polar surface area (TPSA) is 72.9 Å². The third kappa shape index (κ3) is 3.99. The summed E-state index contributed by atoms with van der Waals surface area (Å²) in [7, 11) is 1.93. The van der Waals surface area contributed by atoms with E-state index in [4.69, 9.17) is 5.73 Å². The summed E-state index contributed by atoms with van der Waals surface area (Å²) < 4.78 is 1.87. The van der Waals surface area contributed by atoms with Crippen LogP contribution in [-0.4, -0.2) is 28.8 Å². The van der Waals surface area contributed by atoms with Gasteiger partial charge in [-0.15, -0.1) is 12.4 Å². The molecule has 1 atom stereocenters. The number of amides is 1. The molecule has 0 aliphatic heterocycles. The Kier molecular flexibility index (Phi) is 6.94. The van der Waals surface area contributed by atoms with Gasteiger partial charge in [0.2, 0.25) is 5.91 Å². The first-order valence-electron chi connectivity index (χ1n) is 5.94. The number of aryl methyl sites for hydroxylation is 2. The predicted octanol–water partition coefficient (Wildman–Crippen LogP) is 0.712. The number of halogens is 1. The molecule has 5 nitrogen and oxygen atoms in total. The van der Waals surface area contributed by atoms with Crippen LogP contribution in [0.1, 0.15) is 23.9 Å². The molecule has 1 aromatic rings. The first-order valence-corrected chi connectivity index (χ1v) is 5.94. The molecule has 1 heterocycles. The van der Waals surface area contributed by atoms with E-state index in [2.05, 4.69) is 10.4 Å². The average Bonchev–Trinajstić information content (AvgIpc) is 2.54. The van der Waals surface area contributed by atoms with Crippen molar-refractivity contribution in [3.05, 3.63) is 17.0 Å². The Morgan fingerprint density at radius 2 is 2.11 bits per heavy atom. The van der Waals surface area contributed by atoms with E-state index in [0.29, 0.717) is 13.1 Å². The summed E-state index contributed by atoms with van der Waals surface area (Å²) in [4.78, 5) is 11.5. The van der Waals surface area contributed by atoms with Gasteiger partial charge in [-0.2, -0.15) is 5.10 Å². The first kappa shape index (κ1) is 16.9. The standard InChI is InChI=1S/C12H22N4O.ClH/c1-8(7-13)12(17)14-6-5-11-9(2)15-16(4)10(11)3;/h8H,5-7,13H2,1-4H3,(H,14,17);1H. The predicted molar refractivity (Wildman–Crippen MR) is 74.9 cm³/mol. The largest absolute Gasteiger partial charge is 0.355 e. The summed E-state index contributed by atoms with van der Waals surface area (Å²) in [5.74, 6) is -0.0993. The fraction of sp³-hybridized carbons (Fsp3) is 0.667. The molecule has 6 heteroatoms. The van der Waals surface area contributed by atoms with Crippen molar-refractivity contribution in [3.8, 4) is 0 Å². The van der Waals surface area contributed by atoms with Gasteiger partial charge in [0.05, 0.1) is 5.69 Å². The Balaban J connectivity index is 0.00000289. The van der Waals surface area contributed by atoms with Gasteiger partial charge in [-0.25, -0.2) is 0 Å². The number of nitrogens with two attached hydrogens (primary N) is 1. The molecule has 0 aromatic carbocycles. The van der Waals surface area contributed by atoms with Gasteiger partial charge in [-0.3, -0.25) is 9.48 Å². The Bertz CT molecular complexity index is 403. The van der Waals surface area contributed by atoms with E-state index in [1.807, 2.05) is 32.5 Å². The number of nitrogens with one attached hydrogen (secondary N) is 1. The number of carbonyl (C=O) groups excluding carboxylic acids is 1. The molecule has 0 bridgehead atoms. The van der Waals surface area contributed by atoms with Gasteiger partial charge in [0.15, 0.2) is 0 Å². The number of aromatic nitrogens is 2. The quantitative estimate of drug-likeness (QED) is 0.831. The number of hydrogen-bond donors (Lipinski definition) is 2. The number of carbonyl (C=O) groups is 1. The van der Waals surface area contributed by atoms with Crippen LogP contribution in [0.5, 0.6) is 0 Å². The molecule has 0 saturated carbocycles. The fourth-order valence-electron chi connectivity index (χ4n) is 1.77. The molecule has 0 aliphatic rings. The van der Waals surface area contributed by atoms with Crippen LogP contribution in [0.3, 0.4) is 0 Å². The van der Waals surface area contributed by atoms with E-state index in [1.165, 1.54) is 5.56 Å². The van der Waals surface area contributed by atoms with Crippen molar-refractivity contribution < 1.29 is 4.79 Å². The third-order valence-electron chi connectivity index (χ3n) is 3.13. The summed E-state index contributed by atoms with van der Waals surface area (Å²) in [5.41, 5.74) is 8.84. The van der Waals surface area contributed by atoms with Crippen LogP contribution in [0, 0.1) is 19.8 Å². The van der Waals surface area contributed by atoms with Gasteiger partial charge in [0.25, 0.3) is 0 Å². The molecular weight excluding hydrogens is 252 g/mol. The van der Waals surface area contributed by atoms with Crippen LogP contribution in [0.25, 0.3) is 0 Å².